The van der Waals surface area contributed by atoms with Crippen LogP contribution in [0.4, 0.5) is 0 Å². The normalized spacial score (nSPS) is 20.2. The van der Waals surface area contributed by atoms with Crippen LogP contribution in [-0.4, -0.2) is 37.0 Å². The Kier molecular flexibility index (Phi) is 5.29. The van der Waals surface area contributed by atoms with E-state index >= 15 is 0 Å². The highest BCUT2D eigenvalue weighted by Crippen LogP contribution is 2.22. The van der Waals surface area contributed by atoms with E-state index in [-0.39, 0.29) is 11.9 Å². The molecule has 1 unspecified atom stereocenters. The molecule has 4 heteroatoms. The lowest BCUT2D eigenvalue weighted by Gasteiger charge is -2.15. The molecular weight excluding hydrogens is 206 g/mol. The molecule has 1 aliphatic heterocycles. The van der Waals surface area contributed by atoms with Crippen molar-refractivity contribution in [2.45, 2.75) is 39.0 Å². The summed E-state index contributed by atoms with van der Waals surface area (Å²) in [7, 11) is 1.39. The number of hydrogen-bond donors (Lipinski definition) is 0. The topological polar surface area (TPSA) is 46.6 Å². The van der Waals surface area contributed by atoms with Crippen LogP contribution < -0.4 is 0 Å². The fourth-order valence-electron chi connectivity index (χ4n) is 2.19. The molecule has 1 aliphatic rings. The van der Waals surface area contributed by atoms with E-state index in [1.807, 2.05) is 4.90 Å². The third-order valence-electron chi connectivity index (χ3n) is 3.03. The Bertz CT molecular complexity index is 253. The summed E-state index contributed by atoms with van der Waals surface area (Å²) < 4.78 is 4.56. The van der Waals surface area contributed by atoms with Gasteiger partial charge in [0.2, 0.25) is 5.91 Å². The number of carbonyl (C=O) groups is 2. The van der Waals surface area contributed by atoms with Crippen LogP contribution in [-0.2, 0) is 14.3 Å². The lowest BCUT2D eigenvalue weighted by molar-refractivity contribution is -0.141. The highest BCUT2D eigenvalue weighted by atomic mass is 16.5. The molecule has 1 heterocycles. The Hall–Kier alpha value is -1.06. The van der Waals surface area contributed by atoms with E-state index in [0.29, 0.717) is 31.7 Å². The van der Waals surface area contributed by atoms with Gasteiger partial charge in [-0.1, -0.05) is 13.3 Å². The predicted octanol–water partition coefficient (Wildman–Crippen LogP) is 1.59. The molecule has 0 radical (unpaired) electrons. The van der Waals surface area contributed by atoms with E-state index < -0.39 is 0 Å². The molecule has 0 aromatic heterocycles. The Morgan fingerprint density at radius 3 is 2.94 bits per heavy atom. The number of hydrogen-bond acceptors (Lipinski definition) is 3. The smallest absolute Gasteiger partial charge is 0.305 e. The summed E-state index contributed by atoms with van der Waals surface area (Å²) in [6, 6.07) is 0. The number of ether oxygens (including phenoxy) is 1. The van der Waals surface area contributed by atoms with Gasteiger partial charge in [0.15, 0.2) is 0 Å². The molecular formula is C12H21NO3. The second-order valence-corrected chi connectivity index (χ2v) is 4.38. The lowest BCUT2D eigenvalue weighted by atomic mass is 10.0. The number of esters is 1. The molecule has 0 saturated carbocycles. The third kappa shape index (κ3) is 3.83. The molecule has 4 nitrogen and oxygen atoms in total. The third-order valence-corrected chi connectivity index (χ3v) is 3.03. The zero-order valence-corrected chi connectivity index (χ0v) is 10.2. The van der Waals surface area contributed by atoms with Gasteiger partial charge < -0.3 is 9.64 Å². The molecule has 1 rings (SSSR count). The first-order chi connectivity index (χ1) is 7.67. The van der Waals surface area contributed by atoms with Crippen molar-refractivity contribution in [1.82, 2.24) is 4.90 Å². The maximum Gasteiger partial charge on any atom is 0.305 e. The van der Waals surface area contributed by atoms with Crippen LogP contribution in [0.2, 0.25) is 0 Å². The van der Waals surface area contributed by atoms with Crippen LogP contribution >= 0.6 is 0 Å². The van der Waals surface area contributed by atoms with Gasteiger partial charge in [-0.05, 0) is 18.8 Å². The highest BCUT2D eigenvalue weighted by Gasteiger charge is 2.28. The van der Waals surface area contributed by atoms with Crippen molar-refractivity contribution >= 4 is 11.9 Å². The van der Waals surface area contributed by atoms with Crippen LogP contribution in [0, 0.1) is 5.92 Å². The van der Waals surface area contributed by atoms with E-state index in [9.17, 15) is 9.59 Å². The zero-order valence-electron chi connectivity index (χ0n) is 10.2. The van der Waals surface area contributed by atoms with E-state index in [1.54, 1.807) is 0 Å². The molecule has 16 heavy (non-hydrogen) atoms. The van der Waals surface area contributed by atoms with E-state index in [2.05, 4.69) is 11.7 Å². The van der Waals surface area contributed by atoms with Crippen LogP contribution in [0.3, 0.4) is 0 Å². The first-order valence-corrected chi connectivity index (χ1v) is 6.02. The molecule has 0 bridgehead atoms. The summed E-state index contributed by atoms with van der Waals surface area (Å²) in [6.45, 7) is 3.70. The average molecular weight is 227 g/mol. The van der Waals surface area contributed by atoms with Gasteiger partial charge in [0.05, 0.1) is 7.11 Å². The van der Waals surface area contributed by atoms with Gasteiger partial charge in [0.1, 0.15) is 0 Å². The van der Waals surface area contributed by atoms with Crippen molar-refractivity contribution in [3.63, 3.8) is 0 Å². The maximum atomic E-state index is 11.6. The van der Waals surface area contributed by atoms with Gasteiger partial charge >= 0.3 is 5.97 Å². The molecule has 0 aliphatic carbocycles. The number of nitrogens with zero attached hydrogens (tertiary/aromatic N) is 1. The summed E-state index contributed by atoms with van der Waals surface area (Å²) in [5, 5.41) is 0. The number of rotatable bonds is 6. The number of likely N-dealkylation sites (tertiary alicyclic amines) is 1. The van der Waals surface area contributed by atoms with Crippen LogP contribution in [0.5, 0.6) is 0 Å². The van der Waals surface area contributed by atoms with Crippen LogP contribution in [0.15, 0.2) is 0 Å². The van der Waals surface area contributed by atoms with Gasteiger partial charge in [-0.15, -0.1) is 0 Å². The largest absolute Gasteiger partial charge is 0.469 e. The van der Waals surface area contributed by atoms with Crippen LogP contribution in [0.1, 0.15) is 39.0 Å². The molecule has 92 valence electrons. The molecule has 1 saturated heterocycles. The number of amides is 1. The van der Waals surface area contributed by atoms with E-state index in [0.717, 1.165) is 19.4 Å². The van der Waals surface area contributed by atoms with Crippen molar-refractivity contribution in [3.05, 3.63) is 0 Å². The minimum absolute atomic E-state index is 0.197. The Labute approximate surface area is 96.9 Å². The summed E-state index contributed by atoms with van der Waals surface area (Å²) in [6.07, 6.45) is 4.05. The van der Waals surface area contributed by atoms with Crippen LogP contribution in [0.25, 0.3) is 0 Å². The van der Waals surface area contributed by atoms with Crippen molar-refractivity contribution in [2.24, 2.45) is 5.92 Å². The monoisotopic (exact) mass is 227 g/mol. The number of methoxy groups -OCH3 is 1. The second-order valence-electron chi connectivity index (χ2n) is 4.38. The molecule has 0 aromatic carbocycles. The summed E-state index contributed by atoms with van der Waals surface area (Å²) in [5.74, 6) is 0.565. The quantitative estimate of drug-likeness (QED) is 0.647. The summed E-state index contributed by atoms with van der Waals surface area (Å²) in [4.78, 5) is 24.4. The summed E-state index contributed by atoms with van der Waals surface area (Å²) in [5.41, 5.74) is 0. The fraction of sp³-hybridized carbons (Fsp3) is 0.833. The van der Waals surface area contributed by atoms with Gasteiger partial charge in [0.25, 0.3) is 0 Å². The average Bonchev–Trinajstić information content (AvgIpc) is 2.60. The van der Waals surface area contributed by atoms with Gasteiger partial charge in [-0.25, -0.2) is 0 Å². The van der Waals surface area contributed by atoms with Crippen molar-refractivity contribution in [1.29, 1.82) is 0 Å². The molecule has 0 spiro atoms. The van der Waals surface area contributed by atoms with E-state index in [1.165, 1.54) is 7.11 Å². The SMILES string of the molecule is CCCC1CC(=O)N(CCCC(=O)OC)C1. The van der Waals surface area contributed by atoms with Gasteiger partial charge in [0, 0.05) is 25.9 Å². The maximum absolute atomic E-state index is 11.6. The second kappa shape index (κ2) is 6.51. The number of carbonyl (C=O) groups excluding carboxylic acids is 2. The Morgan fingerprint density at radius 1 is 1.56 bits per heavy atom. The summed E-state index contributed by atoms with van der Waals surface area (Å²) >= 11 is 0. The standard InChI is InChI=1S/C12H21NO3/c1-3-5-10-8-11(14)13(9-10)7-4-6-12(15)16-2/h10H,3-9H2,1-2H3. The molecule has 1 fully saturated rings. The predicted molar refractivity (Wildman–Crippen MR) is 60.8 cm³/mol. The molecule has 1 atom stereocenters. The van der Waals surface area contributed by atoms with Crippen molar-refractivity contribution < 1.29 is 14.3 Å². The van der Waals surface area contributed by atoms with Gasteiger partial charge in [-0.3, -0.25) is 9.59 Å². The van der Waals surface area contributed by atoms with Gasteiger partial charge in [-0.2, -0.15) is 0 Å². The fourth-order valence-corrected chi connectivity index (χ4v) is 2.19. The van der Waals surface area contributed by atoms with Crippen molar-refractivity contribution in [2.75, 3.05) is 20.2 Å². The Morgan fingerprint density at radius 2 is 2.31 bits per heavy atom. The molecule has 0 N–H and O–H groups in total. The van der Waals surface area contributed by atoms with Crippen molar-refractivity contribution in [3.8, 4) is 0 Å². The highest BCUT2D eigenvalue weighted by molar-refractivity contribution is 5.78. The minimum Gasteiger partial charge on any atom is -0.469 e. The minimum atomic E-state index is -0.197. The molecule has 1 amide bonds. The molecule has 0 aromatic rings. The first kappa shape index (κ1) is 13.0. The zero-order chi connectivity index (χ0) is 12.0. The Balaban J connectivity index is 2.22. The first-order valence-electron chi connectivity index (χ1n) is 6.02. The lowest BCUT2D eigenvalue weighted by Crippen LogP contribution is -2.26. The van der Waals surface area contributed by atoms with E-state index in [4.69, 9.17) is 0 Å².